The van der Waals surface area contributed by atoms with Crippen LogP contribution < -0.4 is 5.32 Å². The lowest BCUT2D eigenvalue weighted by Gasteiger charge is -2.07. The number of nitrogens with zero attached hydrogens (tertiary/aromatic N) is 1. The first-order valence-electron chi connectivity index (χ1n) is 6.54. The summed E-state index contributed by atoms with van der Waals surface area (Å²) >= 11 is 3.09. The van der Waals surface area contributed by atoms with Gasteiger partial charge in [0.15, 0.2) is 6.61 Å². The fourth-order valence-electron chi connectivity index (χ4n) is 1.79. The first kappa shape index (κ1) is 17.5. The van der Waals surface area contributed by atoms with Crippen LogP contribution in [-0.4, -0.2) is 23.4 Å². The predicted molar refractivity (Wildman–Crippen MR) is 86.1 cm³/mol. The molecule has 0 aliphatic carbocycles. The molecule has 0 bridgehead atoms. The van der Waals surface area contributed by atoms with Crippen molar-refractivity contribution < 1.29 is 23.6 Å². The van der Waals surface area contributed by atoms with Crippen molar-refractivity contribution in [2.45, 2.75) is 0 Å². The highest BCUT2D eigenvalue weighted by Crippen LogP contribution is 2.23. The van der Waals surface area contributed by atoms with Crippen LogP contribution >= 0.6 is 15.9 Å². The van der Waals surface area contributed by atoms with E-state index >= 15 is 0 Å². The largest absolute Gasteiger partial charge is 0.452 e. The van der Waals surface area contributed by atoms with Crippen LogP contribution in [0, 0.1) is 15.9 Å². The number of amides is 1. The molecule has 0 radical (unpaired) electrons. The Bertz CT molecular complexity index is 812. The van der Waals surface area contributed by atoms with Gasteiger partial charge in [-0.05, 0) is 24.3 Å². The molecular formula is C15H10BrFN2O5. The highest BCUT2D eigenvalue weighted by molar-refractivity contribution is 9.10. The van der Waals surface area contributed by atoms with Gasteiger partial charge in [-0.1, -0.05) is 28.1 Å². The molecule has 0 unspecified atom stereocenters. The van der Waals surface area contributed by atoms with Gasteiger partial charge in [0.05, 0.1) is 10.5 Å². The lowest BCUT2D eigenvalue weighted by molar-refractivity contribution is -0.383. The lowest BCUT2D eigenvalue weighted by Crippen LogP contribution is -2.21. The summed E-state index contributed by atoms with van der Waals surface area (Å²) in [6.07, 6.45) is 0. The molecule has 1 amide bonds. The molecule has 2 aromatic carbocycles. The van der Waals surface area contributed by atoms with E-state index in [1.165, 1.54) is 36.4 Å². The number of halogens is 2. The van der Waals surface area contributed by atoms with Gasteiger partial charge in [0.25, 0.3) is 11.6 Å². The number of nitro groups is 1. The summed E-state index contributed by atoms with van der Waals surface area (Å²) in [4.78, 5) is 33.7. The summed E-state index contributed by atoms with van der Waals surface area (Å²) < 4.78 is 18.7. The maximum atomic E-state index is 13.5. The minimum atomic E-state index is -1.02. The van der Waals surface area contributed by atoms with E-state index in [0.29, 0.717) is 4.47 Å². The van der Waals surface area contributed by atoms with Crippen LogP contribution in [0.4, 0.5) is 15.8 Å². The maximum Gasteiger partial charge on any atom is 0.341 e. The van der Waals surface area contributed by atoms with Gasteiger partial charge < -0.3 is 10.1 Å². The number of para-hydroxylation sites is 2. The zero-order valence-electron chi connectivity index (χ0n) is 12.0. The molecule has 0 aliphatic heterocycles. The van der Waals surface area contributed by atoms with Gasteiger partial charge in [0.1, 0.15) is 11.5 Å². The number of nitrogens with one attached hydrogen (secondary N) is 1. The molecule has 0 aromatic heterocycles. The van der Waals surface area contributed by atoms with Crippen LogP contribution in [0.25, 0.3) is 0 Å². The van der Waals surface area contributed by atoms with Gasteiger partial charge in [0.2, 0.25) is 0 Å². The van der Waals surface area contributed by atoms with Crippen molar-refractivity contribution >= 4 is 39.2 Å². The number of hydrogen-bond acceptors (Lipinski definition) is 5. The van der Waals surface area contributed by atoms with Crippen LogP contribution in [-0.2, 0) is 9.53 Å². The van der Waals surface area contributed by atoms with Crippen LogP contribution in [0.1, 0.15) is 10.4 Å². The van der Waals surface area contributed by atoms with Gasteiger partial charge in [-0.3, -0.25) is 14.9 Å². The summed E-state index contributed by atoms with van der Waals surface area (Å²) in [7, 11) is 0. The average molecular weight is 397 g/mol. The van der Waals surface area contributed by atoms with E-state index in [0.717, 1.165) is 6.07 Å². The van der Waals surface area contributed by atoms with E-state index in [4.69, 9.17) is 4.74 Å². The van der Waals surface area contributed by atoms with E-state index in [2.05, 4.69) is 21.2 Å². The molecule has 2 rings (SSSR count). The second-order valence-corrected chi connectivity index (χ2v) is 5.44. The Kier molecular flexibility index (Phi) is 5.59. The SMILES string of the molecule is O=C(COC(=O)c1cc(Br)ccc1F)Nc1ccccc1[N+](=O)[O-]. The summed E-state index contributed by atoms with van der Waals surface area (Å²) in [5.74, 6) is -2.60. The molecule has 7 nitrogen and oxygen atoms in total. The van der Waals surface area contributed by atoms with E-state index in [1.54, 1.807) is 0 Å². The summed E-state index contributed by atoms with van der Waals surface area (Å²) in [6, 6.07) is 9.22. The van der Waals surface area contributed by atoms with Crippen molar-refractivity contribution in [3.63, 3.8) is 0 Å². The number of ether oxygens (including phenoxy) is 1. The molecule has 1 N–H and O–H groups in total. The number of nitro benzene ring substituents is 1. The molecule has 0 saturated heterocycles. The van der Waals surface area contributed by atoms with Crippen molar-refractivity contribution in [2.24, 2.45) is 0 Å². The first-order valence-corrected chi connectivity index (χ1v) is 7.33. The van der Waals surface area contributed by atoms with E-state index in [9.17, 15) is 24.1 Å². The highest BCUT2D eigenvalue weighted by atomic mass is 79.9. The maximum absolute atomic E-state index is 13.5. The molecule has 124 valence electrons. The number of carbonyl (C=O) groups is 2. The Labute approximate surface area is 143 Å². The van der Waals surface area contributed by atoms with Crippen LogP contribution in [0.2, 0.25) is 0 Å². The summed E-state index contributed by atoms with van der Waals surface area (Å²) in [5.41, 5.74) is -0.657. The first-order chi connectivity index (χ1) is 11.4. The quantitative estimate of drug-likeness (QED) is 0.474. The molecule has 24 heavy (non-hydrogen) atoms. The topological polar surface area (TPSA) is 98.5 Å². The number of carbonyl (C=O) groups excluding carboxylic acids is 2. The number of anilines is 1. The molecule has 0 saturated carbocycles. The van der Waals surface area contributed by atoms with Gasteiger partial charge in [-0.2, -0.15) is 0 Å². The average Bonchev–Trinajstić information content (AvgIpc) is 2.55. The van der Waals surface area contributed by atoms with Crippen molar-refractivity contribution in [3.8, 4) is 0 Å². The molecule has 0 heterocycles. The minimum Gasteiger partial charge on any atom is -0.452 e. The van der Waals surface area contributed by atoms with E-state index in [-0.39, 0.29) is 16.9 Å². The van der Waals surface area contributed by atoms with Crippen molar-refractivity contribution in [2.75, 3.05) is 11.9 Å². The van der Waals surface area contributed by atoms with Crippen LogP contribution in [0.3, 0.4) is 0 Å². The number of esters is 1. The van der Waals surface area contributed by atoms with E-state index < -0.39 is 29.2 Å². The van der Waals surface area contributed by atoms with Crippen molar-refractivity contribution in [1.82, 2.24) is 0 Å². The molecule has 0 fully saturated rings. The molecule has 9 heteroatoms. The van der Waals surface area contributed by atoms with E-state index in [1.807, 2.05) is 0 Å². The van der Waals surface area contributed by atoms with Crippen molar-refractivity contribution in [1.29, 1.82) is 0 Å². The summed E-state index contributed by atoms with van der Waals surface area (Å²) in [5, 5.41) is 13.1. The zero-order valence-corrected chi connectivity index (χ0v) is 13.6. The van der Waals surface area contributed by atoms with Gasteiger partial charge in [0, 0.05) is 10.5 Å². The molecule has 0 atom stereocenters. The molecule has 2 aromatic rings. The van der Waals surface area contributed by atoms with Crippen LogP contribution in [0.15, 0.2) is 46.9 Å². The second-order valence-electron chi connectivity index (χ2n) is 4.52. The Morgan fingerprint density at radius 3 is 2.67 bits per heavy atom. The Balaban J connectivity index is 2.00. The zero-order chi connectivity index (χ0) is 17.7. The molecule has 0 aliphatic rings. The summed E-state index contributed by atoms with van der Waals surface area (Å²) in [6.45, 7) is -0.711. The van der Waals surface area contributed by atoms with Gasteiger partial charge in [-0.15, -0.1) is 0 Å². The Morgan fingerprint density at radius 1 is 1.25 bits per heavy atom. The van der Waals surface area contributed by atoms with Crippen molar-refractivity contribution in [3.05, 3.63) is 68.4 Å². The Hall–Kier alpha value is -2.81. The third-order valence-electron chi connectivity index (χ3n) is 2.86. The third-order valence-corrected chi connectivity index (χ3v) is 3.35. The fourth-order valence-corrected chi connectivity index (χ4v) is 2.15. The van der Waals surface area contributed by atoms with Gasteiger partial charge in [-0.25, -0.2) is 9.18 Å². The monoisotopic (exact) mass is 396 g/mol. The number of rotatable bonds is 5. The molecule has 0 spiro atoms. The third kappa shape index (κ3) is 4.35. The van der Waals surface area contributed by atoms with Gasteiger partial charge >= 0.3 is 5.97 Å². The fraction of sp³-hybridized carbons (Fsp3) is 0.0667. The number of benzene rings is 2. The lowest BCUT2D eigenvalue weighted by atomic mass is 10.2. The smallest absolute Gasteiger partial charge is 0.341 e. The standard InChI is InChI=1S/C15H10BrFN2O5/c16-9-5-6-11(17)10(7-9)15(21)24-8-14(20)18-12-3-1-2-4-13(12)19(22)23/h1-7H,8H2,(H,18,20). The predicted octanol–water partition coefficient (Wildman–Crippen LogP) is 3.29. The normalized spacial score (nSPS) is 10.1. The van der Waals surface area contributed by atoms with Crippen LogP contribution in [0.5, 0.6) is 0 Å². The minimum absolute atomic E-state index is 0.0304. The second kappa shape index (κ2) is 7.64. The number of hydrogen-bond donors (Lipinski definition) is 1. The highest BCUT2D eigenvalue weighted by Gasteiger charge is 2.18. The Morgan fingerprint density at radius 2 is 1.96 bits per heavy atom. The molecular weight excluding hydrogens is 387 g/mol.